The molecule has 0 fully saturated rings. The van der Waals surface area contributed by atoms with Crippen LogP contribution in [0, 0.1) is 0 Å². The molecule has 90 valence electrons. The zero-order chi connectivity index (χ0) is 11.9. The Balaban J connectivity index is 4.34. The molecule has 15 heavy (non-hydrogen) atoms. The molecule has 0 radical (unpaired) electrons. The summed E-state index contributed by atoms with van der Waals surface area (Å²) in [5.74, 6) is 0.00222. The lowest BCUT2D eigenvalue weighted by Crippen LogP contribution is -2.52. The van der Waals surface area contributed by atoms with Crippen molar-refractivity contribution in [1.29, 1.82) is 0 Å². The molecule has 0 aromatic rings. The first kappa shape index (κ1) is 14.4. The largest absolute Gasteiger partial charge is 0.349 e. The van der Waals surface area contributed by atoms with Crippen LogP contribution in [0.1, 0.15) is 59.8 Å². The van der Waals surface area contributed by atoms with Gasteiger partial charge in [0.15, 0.2) is 0 Å². The summed E-state index contributed by atoms with van der Waals surface area (Å²) in [5, 5.41) is 3.10. The van der Waals surface area contributed by atoms with Gasteiger partial charge in [0.1, 0.15) is 0 Å². The molecular formula is C12H26N2O. The van der Waals surface area contributed by atoms with E-state index < -0.39 is 0 Å². The fraction of sp³-hybridized carbons (Fsp3) is 0.917. The van der Waals surface area contributed by atoms with Crippen LogP contribution in [0.2, 0.25) is 0 Å². The maximum absolute atomic E-state index is 11.8. The summed E-state index contributed by atoms with van der Waals surface area (Å²) < 4.78 is 0. The van der Waals surface area contributed by atoms with Gasteiger partial charge >= 0.3 is 0 Å². The summed E-state index contributed by atoms with van der Waals surface area (Å²) in [5.41, 5.74) is 5.73. The van der Waals surface area contributed by atoms with Gasteiger partial charge in [-0.05, 0) is 25.7 Å². The lowest BCUT2D eigenvalue weighted by atomic mass is 9.89. The number of nitrogens with one attached hydrogen (secondary N) is 1. The molecule has 0 aliphatic rings. The highest BCUT2D eigenvalue weighted by Crippen LogP contribution is 2.19. The summed E-state index contributed by atoms with van der Waals surface area (Å²) in [7, 11) is 0. The van der Waals surface area contributed by atoms with Crippen LogP contribution in [0.5, 0.6) is 0 Å². The van der Waals surface area contributed by atoms with Crippen molar-refractivity contribution >= 4 is 5.91 Å². The molecule has 0 saturated carbocycles. The van der Waals surface area contributed by atoms with E-state index in [1.54, 1.807) is 0 Å². The Morgan fingerprint density at radius 2 is 1.67 bits per heavy atom. The Kier molecular flexibility index (Phi) is 6.57. The SMILES string of the molecule is CCC[C@@H](N)C(=O)NC(CC)(CC)CC. The predicted molar refractivity (Wildman–Crippen MR) is 64.6 cm³/mol. The van der Waals surface area contributed by atoms with Crippen molar-refractivity contribution in [2.75, 3.05) is 0 Å². The van der Waals surface area contributed by atoms with Crippen LogP contribution in [0.4, 0.5) is 0 Å². The second-order valence-electron chi connectivity index (χ2n) is 4.23. The molecule has 0 unspecified atom stereocenters. The highest BCUT2D eigenvalue weighted by atomic mass is 16.2. The fourth-order valence-corrected chi connectivity index (χ4v) is 1.81. The second-order valence-corrected chi connectivity index (χ2v) is 4.23. The van der Waals surface area contributed by atoms with E-state index in [0.717, 1.165) is 32.1 Å². The third-order valence-corrected chi connectivity index (χ3v) is 3.36. The lowest BCUT2D eigenvalue weighted by Gasteiger charge is -2.32. The molecule has 0 saturated heterocycles. The van der Waals surface area contributed by atoms with E-state index in [0.29, 0.717) is 0 Å². The van der Waals surface area contributed by atoms with E-state index in [1.807, 2.05) is 6.92 Å². The molecule has 0 aliphatic carbocycles. The average Bonchev–Trinajstić information content (AvgIpc) is 2.26. The normalized spacial score (nSPS) is 13.7. The van der Waals surface area contributed by atoms with Gasteiger partial charge in [-0.25, -0.2) is 0 Å². The highest BCUT2D eigenvalue weighted by molar-refractivity contribution is 5.82. The summed E-state index contributed by atoms with van der Waals surface area (Å²) in [6.07, 6.45) is 4.60. The fourth-order valence-electron chi connectivity index (χ4n) is 1.81. The van der Waals surface area contributed by atoms with Crippen molar-refractivity contribution in [1.82, 2.24) is 5.32 Å². The average molecular weight is 214 g/mol. The molecule has 0 aromatic carbocycles. The number of hydrogen-bond donors (Lipinski definition) is 2. The molecule has 0 rings (SSSR count). The minimum absolute atomic E-state index is 0.00222. The first-order chi connectivity index (χ1) is 7.05. The molecule has 0 bridgehead atoms. The molecule has 0 aliphatic heterocycles. The standard InChI is InChI=1S/C12H26N2O/c1-5-9-10(13)11(15)14-12(6-2,7-3)8-4/h10H,5-9,13H2,1-4H3,(H,14,15)/t10-/m1/s1. The van der Waals surface area contributed by atoms with Crippen molar-refractivity contribution in [2.45, 2.75) is 71.4 Å². The molecule has 0 spiro atoms. The predicted octanol–water partition coefficient (Wildman–Crippen LogP) is 2.20. The smallest absolute Gasteiger partial charge is 0.237 e. The molecule has 1 atom stereocenters. The van der Waals surface area contributed by atoms with E-state index in [4.69, 9.17) is 5.73 Å². The van der Waals surface area contributed by atoms with Gasteiger partial charge in [0.05, 0.1) is 6.04 Å². The number of carbonyl (C=O) groups excluding carboxylic acids is 1. The molecule has 3 N–H and O–H groups in total. The Hall–Kier alpha value is -0.570. The third-order valence-electron chi connectivity index (χ3n) is 3.36. The van der Waals surface area contributed by atoms with Crippen LogP contribution in [-0.4, -0.2) is 17.5 Å². The Labute approximate surface area is 93.8 Å². The lowest BCUT2D eigenvalue weighted by molar-refractivity contribution is -0.124. The van der Waals surface area contributed by atoms with Crippen molar-refractivity contribution in [3.8, 4) is 0 Å². The van der Waals surface area contributed by atoms with Crippen molar-refractivity contribution in [3.63, 3.8) is 0 Å². The first-order valence-electron chi connectivity index (χ1n) is 6.12. The van der Waals surface area contributed by atoms with Gasteiger partial charge in [-0.15, -0.1) is 0 Å². The number of rotatable bonds is 7. The summed E-state index contributed by atoms with van der Waals surface area (Å²) in [4.78, 5) is 11.8. The van der Waals surface area contributed by atoms with Crippen LogP contribution in [0.25, 0.3) is 0 Å². The maximum Gasteiger partial charge on any atom is 0.237 e. The third kappa shape index (κ3) is 4.20. The van der Waals surface area contributed by atoms with Gasteiger partial charge in [0, 0.05) is 5.54 Å². The Morgan fingerprint density at radius 3 is 2.00 bits per heavy atom. The molecule has 3 nitrogen and oxygen atoms in total. The van der Waals surface area contributed by atoms with E-state index >= 15 is 0 Å². The van der Waals surface area contributed by atoms with Gasteiger partial charge in [-0.2, -0.15) is 0 Å². The quantitative estimate of drug-likeness (QED) is 0.682. The van der Waals surface area contributed by atoms with E-state index in [9.17, 15) is 4.79 Å². The Bertz CT molecular complexity index is 180. The van der Waals surface area contributed by atoms with Crippen LogP contribution in [0.15, 0.2) is 0 Å². The number of hydrogen-bond acceptors (Lipinski definition) is 2. The minimum Gasteiger partial charge on any atom is -0.349 e. The van der Waals surface area contributed by atoms with Crippen LogP contribution in [-0.2, 0) is 4.79 Å². The summed E-state index contributed by atoms with van der Waals surface area (Å²) in [6.45, 7) is 8.37. The van der Waals surface area contributed by atoms with E-state index in [-0.39, 0.29) is 17.5 Å². The monoisotopic (exact) mass is 214 g/mol. The molecular weight excluding hydrogens is 188 g/mol. The molecule has 0 aromatic heterocycles. The van der Waals surface area contributed by atoms with E-state index in [2.05, 4.69) is 26.1 Å². The van der Waals surface area contributed by atoms with Gasteiger partial charge < -0.3 is 11.1 Å². The second kappa shape index (κ2) is 6.83. The van der Waals surface area contributed by atoms with E-state index in [1.165, 1.54) is 0 Å². The van der Waals surface area contributed by atoms with Crippen LogP contribution < -0.4 is 11.1 Å². The van der Waals surface area contributed by atoms with Crippen molar-refractivity contribution < 1.29 is 4.79 Å². The zero-order valence-corrected chi connectivity index (χ0v) is 10.6. The number of amides is 1. The minimum atomic E-state index is -0.348. The van der Waals surface area contributed by atoms with Crippen molar-refractivity contribution in [2.24, 2.45) is 5.73 Å². The Morgan fingerprint density at radius 1 is 1.20 bits per heavy atom. The zero-order valence-electron chi connectivity index (χ0n) is 10.6. The number of carbonyl (C=O) groups is 1. The number of nitrogens with two attached hydrogens (primary N) is 1. The molecule has 1 amide bonds. The molecule has 3 heteroatoms. The molecule has 0 heterocycles. The van der Waals surface area contributed by atoms with Gasteiger partial charge in [0.25, 0.3) is 0 Å². The van der Waals surface area contributed by atoms with Crippen LogP contribution >= 0.6 is 0 Å². The maximum atomic E-state index is 11.8. The first-order valence-corrected chi connectivity index (χ1v) is 6.12. The van der Waals surface area contributed by atoms with Gasteiger partial charge in [-0.1, -0.05) is 34.1 Å². The summed E-state index contributed by atoms with van der Waals surface area (Å²) >= 11 is 0. The van der Waals surface area contributed by atoms with Crippen molar-refractivity contribution in [3.05, 3.63) is 0 Å². The van der Waals surface area contributed by atoms with Crippen LogP contribution in [0.3, 0.4) is 0 Å². The van der Waals surface area contributed by atoms with Gasteiger partial charge in [-0.3, -0.25) is 4.79 Å². The summed E-state index contributed by atoms with van der Waals surface area (Å²) in [6, 6.07) is -0.348. The topological polar surface area (TPSA) is 55.1 Å². The van der Waals surface area contributed by atoms with Gasteiger partial charge in [0.2, 0.25) is 5.91 Å². The highest BCUT2D eigenvalue weighted by Gasteiger charge is 2.27.